The molecule has 0 aromatic carbocycles. The highest BCUT2D eigenvalue weighted by Gasteiger charge is 2.40. The first-order valence-electron chi connectivity index (χ1n) is 7.68. The maximum atomic E-state index is 11.7. The molecule has 1 saturated carbocycles. The first-order valence-corrected chi connectivity index (χ1v) is 7.68. The molecule has 1 aliphatic heterocycles. The average Bonchev–Trinajstić information content (AvgIpc) is 3.10. The van der Waals surface area contributed by atoms with Crippen molar-refractivity contribution in [2.75, 3.05) is 13.1 Å². The minimum absolute atomic E-state index is 0.526. The molecule has 5 nitrogen and oxygen atoms in total. The predicted octanol–water partition coefficient (Wildman–Crippen LogP) is 2.00. The summed E-state index contributed by atoms with van der Waals surface area (Å²) in [6, 6.07) is 2.53. The molecule has 2 heterocycles. The van der Waals surface area contributed by atoms with E-state index in [-0.39, 0.29) is 0 Å². The van der Waals surface area contributed by atoms with Crippen LogP contribution in [0.15, 0.2) is 12.3 Å². The first-order chi connectivity index (χ1) is 9.70. The van der Waals surface area contributed by atoms with Crippen LogP contribution in [0.3, 0.4) is 0 Å². The lowest BCUT2D eigenvalue weighted by Crippen LogP contribution is -2.43. The molecule has 110 valence electrons. The van der Waals surface area contributed by atoms with Crippen molar-refractivity contribution in [2.24, 2.45) is 5.41 Å². The van der Waals surface area contributed by atoms with Crippen LogP contribution in [-0.4, -0.2) is 33.9 Å². The molecule has 2 N–H and O–H groups in total. The van der Waals surface area contributed by atoms with Crippen LogP contribution in [-0.2, 0) is 11.2 Å². The Morgan fingerprint density at radius 3 is 2.75 bits per heavy atom. The Morgan fingerprint density at radius 1 is 1.40 bits per heavy atom. The molecule has 2 fully saturated rings. The van der Waals surface area contributed by atoms with E-state index in [1.54, 1.807) is 0 Å². The summed E-state index contributed by atoms with van der Waals surface area (Å²) in [6.45, 7) is 1.57. The first kappa shape index (κ1) is 13.6. The second kappa shape index (κ2) is 5.56. The van der Waals surface area contributed by atoms with Crippen LogP contribution < -0.4 is 5.32 Å². The van der Waals surface area contributed by atoms with Crippen LogP contribution in [0.5, 0.6) is 0 Å². The fraction of sp³-hybridized carbons (Fsp3) is 0.733. The van der Waals surface area contributed by atoms with Crippen molar-refractivity contribution in [3.63, 3.8) is 0 Å². The molecule has 3 rings (SSSR count). The topological polar surface area (TPSA) is 67.1 Å². The van der Waals surface area contributed by atoms with Gasteiger partial charge in [-0.3, -0.25) is 9.48 Å². The Labute approximate surface area is 119 Å². The number of rotatable bonds is 4. The predicted molar refractivity (Wildman–Crippen MR) is 75.6 cm³/mol. The van der Waals surface area contributed by atoms with Crippen LogP contribution in [0, 0.1) is 5.41 Å². The van der Waals surface area contributed by atoms with Crippen molar-refractivity contribution >= 4 is 5.97 Å². The normalized spacial score (nSPS) is 23.0. The molecular weight excluding hydrogens is 254 g/mol. The lowest BCUT2D eigenvalue weighted by Gasteiger charge is -2.33. The lowest BCUT2D eigenvalue weighted by molar-refractivity contribution is -0.150. The number of carboxylic acid groups (broad SMARTS) is 1. The van der Waals surface area contributed by atoms with Gasteiger partial charge in [0.1, 0.15) is 0 Å². The van der Waals surface area contributed by atoms with Gasteiger partial charge in [-0.2, -0.15) is 5.10 Å². The molecule has 1 saturated heterocycles. The van der Waals surface area contributed by atoms with Gasteiger partial charge in [0.25, 0.3) is 0 Å². The number of hydrogen-bond donors (Lipinski definition) is 2. The molecule has 0 spiro atoms. The van der Waals surface area contributed by atoms with Crippen LogP contribution >= 0.6 is 0 Å². The maximum Gasteiger partial charge on any atom is 0.310 e. The number of piperidine rings is 1. The number of aromatic nitrogens is 2. The Bertz CT molecular complexity index is 471. The van der Waals surface area contributed by atoms with Gasteiger partial charge in [0.15, 0.2) is 0 Å². The van der Waals surface area contributed by atoms with E-state index in [4.69, 9.17) is 0 Å². The molecule has 0 atom stereocenters. The Balaban J connectivity index is 1.73. The van der Waals surface area contributed by atoms with E-state index in [2.05, 4.69) is 15.1 Å². The maximum absolute atomic E-state index is 11.7. The fourth-order valence-electron chi connectivity index (χ4n) is 3.56. The van der Waals surface area contributed by atoms with E-state index in [1.807, 2.05) is 12.3 Å². The molecule has 2 aliphatic rings. The van der Waals surface area contributed by atoms with Gasteiger partial charge in [0, 0.05) is 12.6 Å². The summed E-state index contributed by atoms with van der Waals surface area (Å²) in [5.74, 6) is -0.672. The molecular formula is C15H23N3O2. The van der Waals surface area contributed by atoms with Crippen LogP contribution in [0.1, 0.15) is 50.3 Å². The molecule has 1 aromatic heterocycles. The minimum atomic E-state index is -0.672. The Hall–Kier alpha value is -1.36. The van der Waals surface area contributed by atoms with Crippen molar-refractivity contribution in [1.82, 2.24) is 15.1 Å². The third-order valence-electron chi connectivity index (χ3n) is 4.90. The van der Waals surface area contributed by atoms with E-state index in [9.17, 15) is 9.90 Å². The third-order valence-corrected chi connectivity index (χ3v) is 4.90. The van der Waals surface area contributed by atoms with Gasteiger partial charge in [0.05, 0.1) is 17.2 Å². The summed E-state index contributed by atoms with van der Waals surface area (Å²) in [6.07, 6.45) is 8.95. The molecule has 0 bridgehead atoms. The second-order valence-corrected chi connectivity index (χ2v) is 6.24. The van der Waals surface area contributed by atoms with Crippen molar-refractivity contribution in [2.45, 2.75) is 51.0 Å². The smallest absolute Gasteiger partial charge is 0.310 e. The van der Waals surface area contributed by atoms with Gasteiger partial charge >= 0.3 is 5.97 Å². The summed E-state index contributed by atoms with van der Waals surface area (Å²) < 4.78 is 2.05. The van der Waals surface area contributed by atoms with Crippen molar-refractivity contribution in [3.05, 3.63) is 18.0 Å². The molecule has 0 radical (unpaired) electrons. The number of nitrogens with one attached hydrogen (secondary N) is 1. The van der Waals surface area contributed by atoms with E-state index >= 15 is 0 Å². The largest absolute Gasteiger partial charge is 0.481 e. The minimum Gasteiger partial charge on any atom is -0.481 e. The van der Waals surface area contributed by atoms with Crippen molar-refractivity contribution in [1.29, 1.82) is 0 Å². The molecule has 20 heavy (non-hydrogen) atoms. The van der Waals surface area contributed by atoms with E-state index in [0.717, 1.165) is 18.8 Å². The number of nitrogens with zero attached hydrogens (tertiary/aromatic N) is 2. The standard InChI is InChI=1S/C15H23N3O2/c19-14(20)15(6-8-16-9-7-15)11-12-5-10-18(17-12)13-3-1-2-4-13/h5,10,13,16H,1-4,6-9,11H2,(H,19,20). The zero-order valence-electron chi connectivity index (χ0n) is 11.8. The van der Waals surface area contributed by atoms with Crippen LogP contribution in [0.25, 0.3) is 0 Å². The summed E-state index contributed by atoms with van der Waals surface area (Å²) in [5.41, 5.74) is 0.307. The second-order valence-electron chi connectivity index (χ2n) is 6.24. The summed E-state index contributed by atoms with van der Waals surface area (Å²) in [7, 11) is 0. The summed E-state index contributed by atoms with van der Waals surface area (Å²) in [4.78, 5) is 11.7. The van der Waals surface area contributed by atoms with Gasteiger partial charge in [-0.15, -0.1) is 0 Å². The van der Waals surface area contributed by atoms with Crippen molar-refractivity contribution < 1.29 is 9.90 Å². The highest BCUT2D eigenvalue weighted by Crippen LogP contribution is 2.34. The number of aliphatic carboxylic acids is 1. The summed E-state index contributed by atoms with van der Waals surface area (Å²) >= 11 is 0. The lowest BCUT2D eigenvalue weighted by atomic mass is 9.75. The number of hydrogen-bond acceptors (Lipinski definition) is 3. The SMILES string of the molecule is O=C(O)C1(Cc2ccn(C3CCCC3)n2)CCNCC1. The van der Waals surface area contributed by atoms with Gasteiger partial charge in [-0.05, 0) is 44.8 Å². The zero-order valence-corrected chi connectivity index (χ0v) is 11.8. The van der Waals surface area contributed by atoms with Gasteiger partial charge in [0.2, 0.25) is 0 Å². The molecule has 5 heteroatoms. The van der Waals surface area contributed by atoms with Gasteiger partial charge in [-0.1, -0.05) is 12.8 Å². The Morgan fingerprint density at radius 2 is 2.10 bits per heavy atom. The molecule has 1 aliphatic carbocycles. The summed E-state index contributed by atoms with van der Waals surface area (Å²) in [5, 5.41) is 17.5. The molecule has 0 amide bonds. The number of carbonyl (C=O) groups is 1. The fourth-order valence-corrected chi connectivity index (χ4v) is 3.56. The van der Waals surface area contributed by atoms with Crippen LogP contribution in [0.4, 0.5) is 0 Å². The van der Waals surface area contributed by atoms with Gasteiger partial charge in [-0.25, -0.2) is 0 Å². The molecule has 0 unspecified atom stereocenters. The van der Waals surface area contributed by atoms with E-state index in [0.29, 0.717) is 25.3 Å². The zero-order chi connectivity index (χ0) is 14.0. The quantitative estimate of drug-likeness (QED) is 0.883. The van der Waals surface area contributed by atoms with E-state index in [1.165, 1.54) is 25.7 Å². The third kappa shape index (κ3) is 2.59. The average molecular weight is 277 g/mol. The monoisotopic (exact) mass is 277 g/mol. The van der Waals surface area contributed by atoms with Gasteiger partial charge < -0.3 is 10.4 Å². The molecule has 1 aromatic rings. The van der Waals surface area contributed by atoms with Crippen molar-refractivity contribution in [3.8, 4) is 0 Å². The number of carboxylic acids is 1. The highest BCUT2D eigenvalue weighted by atomic mass is 16.4. The highest BCUT2D eigenvalue weighted by molar-refractivity contribution is 5.75. The van der Waals surface area contributed by atoms with Crippen LogP contribution in [0.2, 0.25) is 0 Å². The Kier molecular flexibility index (Phi) is 3.78. The van der Waals surface area contributed by atoms with E-state index < -0.39 is 11.4 Å².